The minimum Gasteiger partial charge on any atom is -0.493 e. The van der Waals surface area contributed by atoms with Gasteiger partial charge in [-0.1, -0.05) is 19.9 Å². The molecule has 4 atom stereocenters. The summed E-state index contributed by atoms with van der Waals surface area (Å²) in [4.78, 5) is 31.7. The van der Waals surface area contributed by atoms with Crippen LogP contribution < -0.4 is 24.3 Å². The van der Waals surface area contributed by atoms with Gasteiger partial charge in [0.25, 0.3) is 5.91 Å². The van der Waals surface area contributed by atoms with Crippen molar-refractivity contribution in [2.45, 2.75) is 38.6 Å². The molecule has 4 rings (SSSR count). The highest BCUT2D eigenvalue weighted by Gasteiger charge is 2.43. The van der Waals surface area contributed by atoms with Crippen molar-refractivity contribution in [3.8, 4) is 23.0 Å². The number of hydrogen-bond donors (Lipinski definition) is 1. The van der Waals surface area contributed by atoms with Crippen molar-refractivity contribution in [1.29, 1.82) is 0 Å². The number of ether oxygens (including phenoxy) is 4. The molecule has 2 heterocycles. The molecule has 1 saturated heterocycles. The van der Waals surface area contributed by atoms with E-state index in [-0.39, 0.29) is 11.8 Å². The minimum absolute atomic E-state index is 0.145. The molecule has 0 unspecified atom stereocenters. The van der Waals surface area contributed by atoms with E-state index in [1.165, 1.54) is 13.5 Å². The molecule has 9 heteroatoms. The Labute approximate surface area is 237 Å². The van der Waals surface area contributed by atoms with Gasteiger partial charge in [0.1, 0.15) is 0 Å². The zero-order valence-corrected chi connectivity index (χ0v) is 24.8. The molecular weight excluding hydrogens is 510 g/mol. The summed E-state index contributed by atoms with van der Waals surface area (Å²) in [6.07, 6.45) is 2.12. The van der Waals surface area contributed by atoms with Crippen LogP contribution in [0.4, 0.5) is 0 Å². The van der Waals surface area contributed by atoms with Gasteiger partial charge in [0.15, 0.2) is 23.0 Å². The lowest BCUT2D eigenvalue weighted by Crippen LogP contribution is -2.46. The summed E-state index contributed by atoms with van der Waals surface area (Å²) in [7, 11) is 7.94. The second-order valence-electron chi connectivity index (χ2n) is 11.1. The topological polar surface area (TPSA) is 89.6 Å². The second kappa shape index (κ2) is 12.8. The van der Waals surface area contributed by atoms with Gasteiger partial charge in [0.2, 0.25) is 5.91 Å². The molecule has 1 fully saturated rings. The second-order valence-corrected chi connectivity index (χ2v) is 11.1. The maximum atomic E-state index is 14.0. The fourth-order valence-electron chi connectivity index (χ4n) is 6.38. The number of piperidine rings is 1. The van der Waals surface area contributed by atoms with Gasteiger partial charge in [0.05, 0.1) is 40.4 Å². The van der Waals surface area contributed by atoms with Crippen LogP contribution in [0.5, 0.6) is 23.0 Å². The van der Waals surface area contributed by atoms with Crippen molar-refractivity contribution in [2.24, 2.45) is 11.8 Å². The van der Waals surface area contributed by atoms with Crippen molar-refractivity contribution in [2.75, 3.05) is 61.7 Å². The number of carbonyl (C=O) groups is 2. The largest absolute Gasteiger partial charge is 0.493 e. The molecule has 2 aromatic rings. The number of rotatable bonds is 10. The average Bonchev–Trinajstić information content (AvgIpc) is 2.95. The van der Waals surface area contributed by atoms with Gasteiger partial charge in [-0.15, -0.1) is 0 Å². The SMILES string of the molecule is COc1ccc([C@@H]2[C@H](C(=O)NCCCN3C[C@@H](C)C[C@H](C)C3)c3cc(OC)c(OC)cc3C(=O)N2C)cc1OC. The Hall–Kier alpha value is -3.46. The van der Waals surface area contributed by atoms with Crippen LogP contribution in [0, 0.1) is 11.8 Å². The molecule has 40 heavy (non-hydrogen) atoms. The molecule has 2 aliphatic rings. The van der Waals surface area contributed by atoms with Gasteiger partial charge in [-0.2, -0.15) is 0 Å². The van der Waals surface area contributed by atoms with E-state index in [1.54, 1.807) is 51.5 Å². The standard InChI is InChI=1S/C31H43N3O6/c1-19-13-20(2)18-34(17-19)12-8-11-32-30(35)28-22-15-26(39-6)27(40-7)16-23(22)31(36)33(3)29(28)21-9-10-24(37-4)25(14-21)38-5/h9-10,14-16,19-20,28-29H,8,11-13,17-18H2,1-7H3,(H,32,35)/t19-,20-,28+,29+/m0/s1. The number of likely N-dealkylation sites (tertiary alicyclic amines) is 1. The van der Waals surface area contributed by atoms with E-state index in [1.807, 2.05) is 12.1 Å². The van der Waals surface area contributed by atoms with Crippen molar-refractivity contribution in [1.82, 2.24) is 15.1 Å². The predicted molar refractivity (Wildman–Crippen MR) is 154 cm³/mol. The summed E-state index contributed by atoms with van der Waals surface area (Å²) in [5.74, 6) is 2.38. The van der Waals surface area contributed by atoms with E-state index in [2.05, 4.69) is 24.1 Å². The summed E-state index contributed by atoms with van der Waals surface area (Å²) in [6, 6.07) is 8.36. The summed E-state index contributed by atoms with van der Waals surface area (Å²) in [5, 5.41) is 3.18. The Morgan fingerprint density at radius 1 is 0.900 bits per heavy atom. The molecule has 0 radical (unpaired) electrons. The number of benzene rings is 2. The smallest absolute Gasteiger partial charge is 0.254 e. The van der Waals surface area contributed by atoms with Crippen LogP contribution in [0.15, 0.2) is 30.3 Å². The first kappa shape index (κ1) is 29.5. The fourth-order valence-corrected chi connectivity index (χ4v) is 6.38. The van der Waals surface area contributed by atoms with Crippen LogP contribution in [0.3, 0.4) is 0 Å². The monoisotopic (exact) mass is 553 g/mol. The Morgan fingerprint density at radius 2 is 1.50 bits per heavy atom. The Bertz CT molecular complexity index is 1210. The lowest BCUT2D eigenvalue weighted by Gasteiger charge is -2.40. The zero-order chi connectivity index (χ0) is 29.0. The molecule has 0 saturated carbocycles. The number of fused-ring (bicyclic) bond motifs is 1. The quantitative estimate of drug-likeness (QED) is 0.443. The fraction of sp³-hybridized carbons (Fsp3) is 0.548. The number of hydrogen-bond acceptors (Lipinski definition) is 7. The third-order valence-corrected chi connectivity index (χ3v) is 8.10. The molecule has 2 aromatic carbocycles. The molecular formula is C31H43N3O6. The summed E-state index contributed by atoms with van der Waals surface area (Å²) >= 11 is 0. The molecule has 0 aromatic heterocycles. The van der Waals surface area contributed by atoms with Crippen LogP contribution in [-0.2, 0) is 4.79 Å². The molecule has 9 nitrogen and oxygen atoms in total. The molecule has 1 N–H and O–H groups in total. The van der Waals surface area contributed by atoms with E-state index in [0.29, 0.717) is 52.5 Å². The molecule has 0 bridgehead atoms. The lowest BCUT2D eigenvalue weighted by molar-refractivity contribution is -0.124. The van der Waals surface area contributed by atoms with E-state index >= 15 is 0 Å². The Balaban J connectivity index is 1.65. The van der Waals surface area contributed by atoms with Crippen molar-refractivity contribution in [3.05, 3.63) is 47.0 Å². The van der Waals surface area contributed by atoms with E-state index in [0.717, 1.165) is 31.6 Å². The number of amides is 2. The molecule has 0 aliphatic carbocycles. The van der Waals surface area contributed by atoms with Crippen LogP contribution in [0.2, 0.25) is 0 Å². The maximum absolute atomic E-state index is 14.0. The molecule has 0 spiro atoms. The third-order valence-electron chi connectivity index (χ3n) is 8.10. The van der Waals surface area contributed by atoms with Gasteiger partial charge >= 0.3 is 0 Å². The maximum Gasteiger partial charge on any atom is 0.254 e. The van der Waals surface area contributed by atoms with E-state index < -0.39 is 12.0 Å². The van der Waals surface area contributed by atoms with Crippen molar-refractivity contribution < 1.29 is 28.5 Å². The van der Waals surface area contributed by atoms with Gasteiger partial charge in [-0.3, -0.25) is 9.59 Å². The zero-order valence-electron chi connectivity index (χ0n) is 24.8. The number of carbonyl (C=O) groups excluding carboxylic acids is 2. The summed E-state index contributed by atoms with van der Waals surface area (Å²) in [5.41, 5.74) is 1.80. The third kappa shape index (κ3) is 5.99. The first-order valence-electron chi connectivity index (χ1n) is 14.0. The Kier molecular flexibility index (Phi) is 9.45. The molecule has 2 aliphatic heterocycles. The van der Waals surface area contributed by atoms with Crippen molar-refractivity contribution >= 4 is 11.8 Å². The summed E-state index contributed by atoms with van der Waals surface area (Å²) in [6.45, 7) is 8.31. The van der Waals surface area contributed by atoms with Crippen LogP contribution in [0.25, 0.3) is 0 Å². The predicted octanol–water partition coefficient (Wildman–Crippen LogP) is 4.12. The van der Waals surface area contributed by atoms with E-state index in [4.69, 9.17) is 18.9 Å². The van der Waals surface area contributed by atoms with Gasteiger partial charge in [0, 0.05) is 32.2 Å². The first-order chi connectivity index (χ1) is 19.2. The Morgan fingerprint density at radius 3 is 2.12 bits per heavy atom. The number of methoxy groups -OCH3 is 4. The van der Waals surface area contributed by atoms with Crippen LogP contribution in [-0.4, -0.2) is 83.3 Å². The van der Waals surface area contributed by atoms with Crippen LogP contribution >= 0.6 is 0 Å². The van der Waals surface area contributed by atoms with Gasteiger partial charge < -0.3 is 34.1 Å². The molecule has 218 valence electrons. The van der Waals surface area contributed by atoms with Gasteiger partial charge in [-0.25, -0.2) is 0 Å². The molecule has 2 amide bonds. The number of likely N-dealkylation sites (N-methyl/N-ethyl adjacent to an activating group) is 1. The van der Waals surface area contributed by atoms with Crippen molar-refractivity contribution in [3.63, 3.8) is 0 Å². The summed E-state index contributed by atoms with van der Waals surface area (Å²) < 4.78 is 22.0. The van der Waals surface area contributed by atoms with E-state index in [9.17, 15) is 9.59 Å². The highest BCUT2D eigenvalue weighted by Crippen LogP contribution is 2.46. The highest BCUT2D eigenvalue weighted by molar-refractivity contribution is 6.02. The first-order valence-corrected chi connectivity index (χ1v) is 14.0. The minimum atomic E-state index is -0.675. The normalized spacial score (nSPS) is 22.9. The number of nitrogens with zero attached hydrogens (tertiary/aromatic N) is 2. The average molecular weight is 554 g/mol. The van der Waals surface area contributed by atoms with Crippen LogP contribution in [0.1, 0.15) is 60.1 Å². The van der Waals surface area contributed by atoms with Gasteiger partial charge in [-0.05, 0) is 66.6 Å². The lowest BCUT2D eigenvalue weighted by atomic mass is 9.79. The number of nitrogens with one attached hydrogen (secondary N) is 1. The highest BCUT2D eigenvalue weighted by atomic mass is 16.5.